The van der Waals surface area contributed by atoms with Crippen molar-refractivity contribution in [3.63, 3.8) is 0 Å². The number of hydrogen-bond acceptors (Lipinski definition) is 4. The van der Waals surface area contributed by atoms with Crippen molar-refractivity contribution >= 4 is 27.7 Å². The number of furan rings is 1. The van der Waals surface area contributed by atoms with E-state index in [-0.39, 0.29) is 11.8 Å². The van der Waals surface area contributed by atoms with Gasteiger partial charge in [-0.1, -0.05) is 0 Å². The third-order valence-corrected chi connectivity index (χ3v) is 5.29. The first kappa shape index (κ1) is 17.5. The monoisotopic (exact) mass is 398 g/mol. The highest BCUT2D eigenvalue weighted by Crippen LogP contribution is 2.25. The van der Waals surface area contributed by atoms with Crippen molar-refractivity contribution in [3.05, 3.63) is 22.6 Å². The molecule has 2 aliphatic rings. The molecular weight excluding hydrogens is 376 g/mol. The maximum Gasteiger partial charge on any atom is 0.289 e. The summed E-state index contributed by atoms with van der Waals surface area (Å²) in [4.78, 5) is 28.2. The molecule has 24 heavy (non-hydrogen) atoms. The van der Waals surface area contributed by atoms with Gasteiger partial charge in [-0.3, -0.25) is 9.59 Å². The molecule has 6 nitrogen and oxygen atoms in total. The highest BCUT2D eigenvalue weighted by atomic mass is 79.9. The first-order chi connectivity index (χ1) is 11.6. The van der Waals surface area contributed by atoms with Crippen LogP contribution in [0.2, 0.25) is 0 Å². The fourth-order valence-electron chi connectivity index (χ4n) is 3.59. The summed E-state index contributed by atoms with van der Waals surface area (Å²) in [6.07, 6.45) is 2.44. The van der Waals surface area contributed by atoms with E-state index in [0.717, 1.165) is 25.9 Å². The Morgan fingerprint density at radius 1 is 1.33 bits per heavy atom. The van der Waals surface area contributed by atoms with Gasteiger partial charge >= 0.3 is 0 Å². The number of nitrogens with zero attached hydrogens (tertiary/aromatic N) is 2. The van der Waals surface area contributed by atoms with Crippen molar-refractivity contribution in [1.29, 1.82) is 0 Å². The maximum absolute atomic E-state index is 12.4. The zero-order valence-corrected chi connectivity index (χ0v) is 15.5. The Morgan fingerprint density at radius 2 is 2.08 bits per heavy atom. The molecule has 2 aliphatic heterocycles. The maximum atomic E-state index is 12.4. The Hall–Kier alpha value is -1.34. The Morgan fingerprint density at radius 3 is 2.71 bits per heavy atom. The third kappa shape index (κ3) is 4.00. The second-order valence-electron chi connectivity index (χ2n) is 6.66. The largest absolute Gasteiger partial charge is 0.444 e. The van der Waals surface area contributed by atoms with Gasteiger partial charge in [0.05, 0.1) is 6.61 Å². The molecule has 1 aromatic heterocycles. The van der Waals surface area contributed by atoms with Crippen LogP contribution in [0, 0.1) is 11.8 Å². The van der Waals surface area contributed by atoms with Crippen molar-refractivity contribution in [2.75, 3.05) is 39.9 Å². The van der Waals surface area contributed by atoms with Crippen LogP contribution in [-0.4, -0.2) is 61.5 Å². The molecule has 7 heteroatoms. The van der Waals surface area contributed by atoms with Gasteiger partial charge in [-0.15, -0.1) is 0 Å². The van der Waals surface area contributed by atoms with E-state index in [1.807, 2.05) is 9.80 Å². The number of ether oxygens (including phenoxy) is 1. The quantitative estimate of drug-likeness (QED) is 0.763. The number of methoxy groups -OCH3 is 1. The molecule has 3 rings (SSSR count). The number of likely N-dealkylation sites (tertiary alicyclic amines) is 2. The molecule has 0 saturated carbocycles. The van der Waals surface area contributed by atoms with Gasteiger partial charge in [-0.25, -0.2) is 0 Å². The molecule has 0 spiro atoms. The molecule has 0 aliphatic carbocycles. The van der Waals surface area contributed by atoms with Gasteiger partial charge in [0.25, 0.3) is 5.91 Å². The molecular formula is C17H23BrN2O4. The zero-order chi connectivity index (χ0) is 17.1. The van der Waals surface area contributed by atoms with E-state index in [2.05, 4.69) is 15.9 Å². The summed E-state index contributed by atoms with van der Waals surface area (Å²) in [5.74, 6) is 1.33. The average Bonchev–Trinajstić information content (AvgIpc) is 3.14. The van der Waals surface area contributed by atoms with Gasteiger partial charge in [-0.05, 0) is 46.8 Å². The summed E-state index contributed by atoms with van der Waals surface area (Å²) >= 11 is 3.22. The van der Waals surface area contributed by atoms with E-state index >= 15 is 0 Å². The lowest BCUT2D eigenvalue weighted by Gasteiger charge is -2.33. The van der Waals surface area contributed by atoms with Crippen LogP contribution in [0.25, 0.3) is 0 Å². The Labute approximate surface area is 150 Å². The van der Waals surface area contributed by atoms with Crippen LogP contribution >= 0.6 is 15.9 Å². The standard InChI is InChI=1S/C17H23BrN2O4/c1-23-11-13-8-16(21)20(10-13)9-12-4-6-19(7-5-12)17(22)14-2-3-15(18)24-14/h2-3,12-13H,4-11H2,1H3. The minimum Gasteiger partial charge on any atom is -0.444 e. The topological polar surface area (TPSA) is 63.0 Å². The molecule has 2 fully saturated rings. The first-order valence-electron chi connectivity index (χ1n) is 8.38. The number of carbonyl (C=O) groups excluding carboxylic acids is 2. The predicted molar refractivity (Wildman–Crippen MR) is 91.6 cm³/mol. The lowest BCUT2D eigenvalue weighted by molar-refractivity contribution is -0.128. The number of rotatable bonds is 5. The molecule has 132 valence electrons. The lowest BCUT2D eigenvalue weighted by Crippen LogP contribution is -2.42. The summed E-state index contributed by atoms with van der Waals surface area (Å²) < 4.78 is 11.1. The Kier molecular flexibility index (Phi) is 5.61. The molecule has 1 aromatic rings. The van der Waals surface area contributed by atoms with Crippen LogP contribution in [0.5, 0.6) is 0 Å². The number of halogens is 1. The highest BCUT2D eigenvalue weighted by molar-refractivity contribution is 9.10. The predicted octanol–water partition coefficient (Wildman–Crippen LogP) is 2.39. The van der Waals surface area contributed by atoms with E-state index in [4.69, 9.17) is 9.15 Å². The fourth-order valence-corrected chi connectivity index (χ4v) is 3.90. The molecule has 1 atom stereocenters. The van der Waals surface area contributed by atoms with Crippen LogP contribution < -0.4 is 0 Å². The molecule has 0 aromatic carbocycles. The van der Waals surface area contributed by atoms with E-state index in [1.165, 1.54) is 0 Å². The van der Waals surface area contributed by atoms with Crippen LogP contribution in [0.4, 0.5) is 0 Å². The Bertz CT molecular complexity index is 595. The van der Waals surface area contributed by atoms with E-state index < -0.39 is 0 Å². The van der Waals surface area contributed by atoms with Crippen molar-refractivity contribution < 1.29 is 18.7 Å². The van der Waals surface area contributed by atoms with Crippen LogP contribution in [0.3, 0.4) is 0 Å². The van der Waals surface area contributed by atoms with Gasteiger partial charge in [0.2, 0.25) is 5.91 Å². The lowest BCUT2D eigenvalue weighted by atomic mass is 9.96. The minimum atomic E-state index is -0.0587. The van der Waals surface area contributed by atoms with Crippen molar-refractivity contribution in [2.24, 2.45) is 11.8 Å². The number of amides is 2. The summed E-state index contributed by atoms with van der Waals surface area (Å²) in [5.41, 5.74) is 0. The molecule has 1 unspecified atom stereocenters. The SMILES string of the molecule is COCC1CC(=O)N(CC2CCN(C(=O)c3ccc(Br)o3)CC2)C1. The summed E-state index contributed by atoms with van der Waals surface area (Å²) in [6.45, 7) is 3.67. The van der Waals surface area contributed by atoms with Crippen molar-refractivity contribution in [2.45, 2.75) is 19.3 Å². The van der Waals surface area contributed by atoms with Gasteiger partial charge in [0, 0.05) is 45.6 Å². The van der Waals surface area contributed by atoms with E-state index in [0.29, 0.717) is 48.4 Å². The molecule has 0 bridgehead atoms. The van der Waals surface area contributed by atoms with Crippen LogP contribution in [0.15, 0.2) is 21.2 Å². The van der Waals surface area contributed by atoms with Gasteiger partial charge < -0.3 is 19.0 Å². The van der Waals surface area contributed by atoms with Crippen molar-refractivity contribution in [1.82, 2.24) is 9.80 Å². The second kappa shape index (κ2) is 7.70. The highest BCUT2D eigenvalue weighted by Gasteiger charge is 2.32. The summed E-state index contributed by atoms with van der Waals surface area (Å²) in [7, 11) is 1.68. The van der Waals surface area contributed by atoms with Crippen LogP contribution in [-0.2, 0) is 9.53 Å². The van der Waals surface area contributed by atoms with Crippen molar-refractivity contribution in [3.8, 4) is 0 Å². The number of piperidine rings is 1. The zero-order valence-electron chi connectivity index (χ0n) is 13.9. The van der Waals surface area contributed by atoms with Gasteiger partial charge in [0.15, 0.2) is 10.4 Å². The molecule has 3 heterocycles. The summed E-state index contributed by atoms with van der Waals surface area (Å²) in [5, 5.41) is 0. The molecule has 2 amide bonds. The van der Waals surface area contributed by atoms with Crippen LogP contribution in [0.1, 0.15) is 29.8 Å². The van der Waals surface area contributed by atoms with E-state index in [9.17, 15) is 9.59 Å². The molecule has 0 N–H and O–H groups in total. The second-order valence-corrected chi connectivity index (χ2v) is 7.45. The van der Waals surface area contributed by atoms with Gasteiger partial charge in [0.1, 0.15) is 0 Å². The first-order valence-corrected chi connectivity index (χ1v) is 9.17. The minimum absolute atomic E-state index is 0.0587. The fraction of sp³-hybridized carbons (Fsp3) is 0.647. The summed E-state index contributed by atoms with van der Waals surface area (Å²) in [6, 6.07) is 3.42. The normalized spacial score (nSPS) is 22.4. The molecule has 2 saturated heterocycles. The third-order valence-electron chi connectivity index (χ3n) is 4.86. The number of hydrogen-bond donors (Lipinski definition) is 0. The average molecular weight is 399 g/mol. The molecule has 0 radical (unpaired) electrons. The Balaban J connectivity index is 1.47. The smallest absolute Gasteiger partial charge is 0.289 e. The number of carbonyl (C=O) groups is 2. The van der Waals surface area contributed by atoms with E-state index in [1.54, 1.807) is 19.2 Å². The van der Waals surface area contributed by atoms with Gasteiger partial charge in [-0.2, -0.15) is 0 Å².